The molecule has 0 heterocycles. The van der Waals surface area contributed by atoms with E-state index < -0.39 is 12.1 Å². The van der Waals surface area contributed by atoms with Gasteiger partial charge in [-0.05, 0) is 100 Å². The lowest BCUT2D eigenvalue weighted by Gasteiger charge is -2.28. The minimum atomic E-state index is -1.47. The molecule has 3 rings (SSSR count). The summed E-state index contributed by atoms with van der Waals surface area (Å²) in [6.07, 6.45) is 12.3. The molecule has 0 N–H and O–H groups in total. The van der Waals surface area contributed by atoms with Crippen molar-refractivity contribution in [3.8, 4) is 5.75 Å². The number of hydrogen-bond acceptors (Lipinski definition) is 3. The van der Waals surface area contributed by atoms with Crippen molar-refractivity contribution in [2.75, 3.05) is 6.61 Å². The van der Waals surface area contributed by atoms with Crippen LogP contribution in [0.25, 0.3) is 0 Å². The first-order chi connectivity index (χ1) is 14.7. The molecule has 1 atom stereocenters. The van der Waals surface area contributed by atoms with Crippen molar-refractivity contribution in [2.24, 2.45) is 5.92 Å². The highest BCUT2D eigenvalue weighted by Crippen LogP contribution is 2.33. The predicted octanol–water partition coefficient (Wildman–Crippen LogP) is 6.95. The molecular weight excluding hydrogens is 379 g/mol. The molecule has 0 aromatic heterocycles. The molecule has 2 aliphatic rings. The number of hydrogen-bond donors (Lipinski definition) is 0. The zero-order valence-corrected chi connectivity index (χ0v) is 18.5. The fourth-order valence-electron chi connectivity index (χ4n) is 4.66. The van der Waals surface area contributed by atoms with E-state index in [9.17, 15) is 9.18 Å². The number of esters is 1. The van der Waals surface area contributed by atoms with Crippen LogP contribution in [-0.2, 0) is 9.53 Å². The molecule has 1 radical (unpaired) electrons. The Morgan fingerprint density at radius 2 is 1.73 bits per heavy atom. The largest absolute Gasteiger partial charge is 0.493 e. The molecule has 0 spiro atoms. The monoisotopic (exact) mass is 417 g/mol. The Bertz CT molecular complexity index is 616. The van der Waals surface area contributed by atoms with Crippen LogP contribution in [0.15, 0.2) is 24.3 Å². The van der Waals surface area contributed by atoms with Crippen LogP contribution in [0.4, 0.5) is 4.39 Å². The third-order valence-electron chi connectivity index (χ3n) is 6.67. The van der Waals surface area contributed by atoms with E-state index in [0.717, 1.165) is 50.7 Å². The molecule has 0 bridgehead atoms. The SMILES string of the molecule is CCCCC[C@@H](F)C(=O)OC1CCC(COc2ccc(C3CC[CH]CC3)cc2)CC1. The van der Waals surface area contributed by atoms with Crippen LogP contribution in [0.5, 0.6) is 5.75 Å². The molecule has 0 amide bonds. The molecule has 1 aromatic carbocycles. The highest BCUT2D eigenvalue weighted by atomic mass is 19.1. The van der Waals surface area contributed by atoms with Gasteiger partial charge in [0.1, 0.15) is 11.9 Å². The fourth-order valence-corrected chi connectivity index (χ4v) is 4.66. The maximum Gasteiger partial charge on any atom is 0.340 e. The van der Waals surface area contributed by atoms with Crippen molar-refractivity contribution < 1.29 is 18.7 Å². The van der Waals surface area contributed by atoms with Crippen molar-refractivity contribution >= 4 is 5.97 Å². The summed E-state index contributed by atoms with van der Waals surface area (Å²) in [6, 6.07) is 8.63. The van der Waals surface area contributed by atoms with Gasteiger partial charge in [0.15, 0.2) is 6.17 Å². The van der Waals surface area contributed by atoms with E-state index in [4.69, 9.17) is 9.47 Å². The number of halogens is 1. The van der Waals surface area contributed by atoms with Crippen molar-refractivity contribution in [1.29, 1.82) is 0 Å². The van der Waals surface area contributed by atoms with Crippen LogP contribution in [0.1, 0.15) is 95.5 Å². The van der Waals surface area contributed by atoms with Gasteiger partial charge in [-0.3, -0.25) is 0 Å². The molecular formula is C26H38FO3. The van der Waals surface area contributed by atoms with Crippen LogP contribution in [0.3, 0.4) is 0 Å². The summed E-state index contributed by atoms with van der Waals surface area (Å²) >= 11 is 0. The number of alkyl halides is 1. The maximum atomic E-state index is 13.9. The molecule has 30 heavy (non-hydrogen) atoms. The summed E-state index contributed by atoms with van der Waals surface area (Å²) < 4.78 is 25.3. The van der Waals surface area contributed by atoms with Gasteiger partial charge >= 0.3 is 5.97 Å². The van der Waals surface area contributed by atoms with Crippen LogP contribution in [0.2, 0.25) is 0 Å². The Morgan fingerprint density at radius 3 is 2.40 bits per heavy atom. The fraction of sp³-hybridized carbons (Fsp3) is 0.692. The molecule has 4 heteroatoms. The summed E-state index contributed by atoms with van der Waals surface area (Å²) in [5.41, 5.74) is 1.43. The molecule has 0 saturated heterocycles. The van der Waals surface area contributed by atoms with Crippen LogP contribution >= 0.6 is 0 Å². The Balaban J connectivity index is 1.33. The summed E-state index contributed by atoms with van der Waals surface area (Å²) in [5, 5.41) is 0. The number of unbranched alkanes of at least 4 members (excludes halogenated alkanes) is 2. The number of rotatable bonds is 10. The van der Waals surface area contributed by atoms with E-state index in [1.165, 1.54) is 31.2 Å². The zero-order valence-electron chi connectivity index (χ0n) is 18.5. The standard InChI is InChI=1S/C26H38FO3/c1-2-3-5-10-25(27)26(28)30-24-15-11-20(12-16-24)19-29-23-17-13-22(14-18-23)21-8-6-4-7-9-21/h4,13-14,17-18,20-21,24-25H,2-3,5-12,15-16,19H2,1H3/t20?,24?,25-/m1/s1. The second-order valence-corrected chi connectivity index (χ2v) is 9.06. The minimum Gasteiger partial charge on any atom is -0.493 e. The number of ether oxygens (including phenoxy) is 2. The van der Waals surface area contributed by atoms with Gasteiger partial charge in [0.05, 0.1) is 6.61 Å². The number of benzene rings is 1. The van der Waals surface area contributed by atoms with Gasteiger partial charge in [-0.25, -0.2) is 9.18 Å². The average molecular weight is 418 g/mol. The first-order valence-corrected chi connectivity index (χ1v) is 12.0. The third-order valence-corrected chi connectivity index (χ3v) is 6.67. The number of carbonyl (C=O) groups is 1. The first-order valence-electron chi connectivity index (χ1n) is 12.0. The predicted molar refractivity (Wildman–Crippen MR) is 118 cm³/mol. The number of carbonyl (C=O) groups excluding carboxylic acids is 1. The Hall–Kier alpha value is -1.58. The molecule has 2 fully saturated rings. The van der Waals surface area contributed by atoms with E-state index in [0.29, 0.717) is 18.4 Å². The van der Waals surface area contributed by atoms with Crippen molar-refractivity contribution in [1.82, 2.24) is 0 Å². The van der Waals surface area contributed by atoms with Gasteiger partial charge in [-0.2, -0.15) is 0 Å². The van der Waals surface area contributed by atoms with Crippen molar-refractivity contribution in [3.63, 3.8) is 0 Å². The van der Waals surface area contributed by atoms with Gasteiger partial charge in [0.2, 0.25) is 0 Å². The molecule has 167 valence electrons. The van der Waals surface area contributed by atoms with Crippen molar-refractivity contribution in [3.05, 3.63) is 36.2 Å². The molecule has 0 aliphatic heterocycles. The van der Waals surface area contributed by atoms with E-state index in [-0.39, 0.29) is 12.5 Å². The van der Waals surface area contributed by atoms with Gasteiger partial charge in [0, 0.05) is 0 Å². The van der Waals surface area contributed by atoms with Crippen LogP contribution in [-0.4, -0.2) is 24.9 Å². The highest BCUT2D eigenvalue weighted by molar-refractivity contribution is 5.74. The normalized spacial score (nSPS) is 23.7. The molecule has 2 aliphatic carbocycles. The lowest BCUT2D eigenvalue weighted by molar-refractivity contribution is -0.157. The summed E-state index contributed by atoms with van der Waals surface area (Å²) in [5.74, 6) is 1.43. The summed E-state index contributed by atoms with van der Waals surface area (Å²) in [4.78, 5) is 11.9. The van der Waals surface area contributed by atoms with Gasteiger partial charge in [-0.15, -0.1) is 0 Å². The van der Waals surface area contributed by atoms with Gasteiger partial charge in [0.25, 0.3) is 0 Å². The molecule has 0 unspecified atom stereocenters. The second kappa shape index (κ2) is 12.3. The van der Waals surface area contributed by atoms with E-state index >= 15 is 0 Å². The lowest BCUT2D eigenvalue weighted by atomic mass is 9.84. The topological polar surface area (TPSA) is 35.5 Å². The van der Waals surface area contributed by atoms with Crippen LogP contribution < -0.4 is 4.74 Å². The Labute approximate surface area is 181 Å². The van der Waals surface area contributed by atoms with E-state index in [1.807, 2.05) is 0 Å². The quantitative estimate of drug-likeness (QED) is 0.305. The first kappa shape index (κ1) is 23.1. The maximum absolute atomic E-state index is 13.9. The Morgan fingerprint density at radius 1 is 1.03 bits per heavy atom. The van der Waals surface area contributed by atoms with Crippen molar-refractivity contribution in [2.45, 2.75) is 102 Å². The molecule has 3 nitrogen and oxygen atoms in total. The average Bonchev–Trinajstić information content (AvgIpc) is 2.79. The van der Waals surface area contributed by atoms with E-state index in [1.54, 1.807) is 0 Å². The minimum absolute atomic E-state index is 0.134. The lowest BCUT2D eigenvalue weighted by Crippen LogP contribution is -2.30. The highest BCUT2D eigenvalue weighted by Gasteiger charge is 2.27. The third kappa shape index (κ3) is 7.28. The molecule has 1 aromatic rings. The zero-order chi connectivity index (χ0) is 21.2. The van der Waals surface area contributed by atoms with Gasteiger partial charge in [-0.1, -0.05) is 31.9 Å². The molecule has 2 saturated carbocycles. The smallest absolute Gasteiger partial charge is 0.340 e. The Kier molecular flexibility index (Phi) is 9.48. The summed E-state index contributed by atoms with van der Waals surface area (Å²) in [6.45, 7) is 2.76. The van der Waals surface area contributed by atoms with Crippen LogP contribution in [0, 0.1) is 12.3 Å². The summed E-state index contributed by atoms with van der Waals surface area (Å²) in [7, 11) is 0. The van der Waals surface area contributed by atoms with Gasteiger partial charge < -0.3 is 9.47 Å². The second-order valence-electron chi connectivity index (χ2n) is 9.06. The van der Waals surface area contributed by atoms with E-state index in [2.05, 4.69) is 37.6 Å².